The molecule has 2 N–H and O–H groups in total. The highest BCUT2D eigenvalue weighted by atomic mass is 32.2. The molecule has 0 saturated carbocycles. The average molecular weight is 330 g/mol. The first kappa shape index (κ1) is 17.8. The molecule has 7 heteroatoms. The largest absolute Gasteiger partial charge is 0.478 e. The summed E-state index contributed by atoms with van der Waals surface area (Å²) < 4.78 is 0. The Morgan fingerprint density at radius 1 is 1.43 bits per heavy atom. The van der Waals surface area contributed by atoms with E-state index in [1.807, 2.05) is 20.1 Å². The van der Waals surface area contributed by atoms with E-state index in [1.165, 1.54) is 11.3 Å². The molecular formula is C14H22N2O3S2. The molecule has 0 spiro atoms. The summed E-state index contributed by atoms with van der Waals surface area (Å²) >= 11 is 3.04. The van der Waals surface area contributed by atoms with Gasteiger partial charge in [-0.05, 0) is 44.8 Å². The molecule has 1 aromatic heterocycles. The van der Waals surface area contributed by atoms with Gasteiger partial charge in [-0.25, -0.2) is 9.59 Å². The van der Waals surface area contributed by atoms with Crippen molar-refractivity contribution in [1.82, 2.24) is 4.90 Å². The summed E-state index contributed by atoms with van der Waals surface area (Å²) in [6, 6.07) is -0.166. The molecule has 1 heterocycles. The van der Waals surface area contributed by atoms with E-state index in [0.717, 1.165) is 17.1 Å². The molecule has 1 aromatic rings. The fraction of sp³-hybridized carbons (Fsp3) is 0.571. The molecule has 0 radical (unpaired) electrons. The number of thiophene rings is 1. The molecule has 0 aliphatic rings. The van der Waals surface area contributed by atoms with Crippen LogP contribution in [-0.2, 0) is 0 Å². The predicted octanol–water partition coefficient (Wildman–Crippen LogP) is 3.67. The van der Waals surface area contributed by atoms with Crippen molar-refractivity contribution in [2.24, 2.45) is 0 Å². The van der Waals surface area contributed by atoms with Gasteiger partial charge in [0.15, 0.2) is 0 Å². The molecule has 0 aliphatic heterocycles. The van der Waals surface area contributed by atoms with Crippen molar-refractivity contribution >= 4 is 40.1 Å². The predicted molar refractivity (Wildman–Crippen MR) is 90.0 cm³/mol. The highest BCUT2D eigenvalue weighted by Gasteiger charge is 2.22. The fourth-order valence-electron chi connectivity index (χ4n) is 1.84. The molecule has 0 aromatic carbocycles. The van der Waals surface area contributed by atoms with E-state index < -0.39 is 5.97 Å². The molecule has 0 bridgehead atoms. The first-order chi connectivity index (χ1) is 9.79. The number of nitrogens with one attached hydrogen (secondary N) is 1. The summed E-state index contributed by atoms with van der Waals surface area (Å²) in [7, 11) is 1.73. The van der Waals surface area contributed by atoms with E-state index in [1.54, 1.807) is 30.6 Å². The van der Waals surface area contributed by atoms with Gasteiger partial charge >= 0.3 is 12.0 Å². The van der Waals surface area contributed by atoms with E-state index in [2.05, 4.69) is 5.32 Å². The summed E-state index contributed by atoms with van der Waals surface area (Å²) in [5.74, 6) is -0.0265. The fourth-order valence-corrected chi connectivity index (χ4v) is 3.46. The van der Waals surface area contributed by atoms with Crippen LogP contribution in [0.15, 0.2) is 0 Å². The molecule has 0 saturated heterocycles. The highest BCUT2D eigenvalue weighted by molar-refractivity contribution is 7.98. The van der Waals surface area contributed by atoms with Gasteiger partial charge in [0.2, 0.25) is 0 Å². The Hall–Kier alpha value is -1.21. The lowest BCUT2D eigenvalue weighted by molar-refractivity contribution is 0.0697. The lowest BCUT2D eigenvalue weighted by atomic mass is 10.1. The first-order valence-corrected chi connectivity index (χ1v) is 8.86. The van der Waals surface area contributed by atoms with Crippen LogP contribution < -0.4 is 5.32 Å². The Bertz CT molecular complexity index is 529. The lowest BCUT2D eigenvalue weighted by Crippen LogP contribution is -2.38. The van der Waals surface area contributed by atoms with Gasteiger partial charge in [-0.3, -0.25) is 5.32 Å². The number of amides is 2. The molecule has 0 fully saturated rings. The number of aromatic carboxylic acids is 1. The average Bonchev–Trinajstić information content (AvgIpc) is 2.70. The molecule has 2 amide bonds. The van der Waals surface area contributed by atoms with Gasteiger partial charge in [0.05, 0.1) is 5.56 Å². The third-order valence-corrected chi connectivity index (χ3v) is 5.31. The first-order valence-electron chi connectivity index (χ1n) is 6.65. The SMILES string of the molecule is CSCCC(C)N(C)C(=O)Nc1sc(C)c(C)c1C(=O)O. The van der Waals surface area contributed by atoms with Gasteiger partial charge in [-0.1, -0.05) is 0 Å². The number of carboxylic acids is 1. The van der Waals surface area contributed by atoms with Gasteiger partial charge in [0.25, 0.3) is 0 Å². The van der Waals surface area contributed by atoms with Gasteiger partial charge in [-0.2, -0.15) is 11.8 Å². The van der Waals surface area contributed by atoms with E-state index in [4.69, 9.17) is 0 Å². The monoisotopic (exact) mass is 330 g/mol. The highest BCUT2D eigenvalue weighted by Crippen LogP contribution is 2.32. The van der Waals surface area contributed by atoms with Crippen LogP contribution in [0.4, 0.5) is 9.80 Å². The minimum Gasteiger partial charge on any atom is -0.478 e. The number of rotatable bonds is 6. The molecule has 1 rings (SSSR count). The molecule has 1 atom stereocenters. The number of thioether (sulfide) groups is 1. The lowest BCUT2D eigenvalue weighted by Gasteiger charge is -2.24. The van der Waals surface area contributed by atoms with Crippen molar-refractivity contribution in [2.75, 3.05) is 24.4 Å². The topological polar surface area (TPSA) is 69.6 Å². The summed E-state index contributed by atoms with van der Waals surface area (Å²) in [4.78, 5) is 26.1. The number of urea groups is 1. The van der Waals surface area contributed by atoms with E-state index in [-0.39, 0.29) is 17.6 Å². The second-order valence-electron chi connectivity index (χ2n) is 4.96. The standard InChI is InChI=1S/C14H22N2O3S2/c1-8(6-7-20-5)16(4)14(19)15-12-11(13(17)18)9(2)10(3)21-12/h8H,6-7H2,1-5H3,(H,15,19)(H,17,18). The molecule has 5 nitrogen and oxygen atoms in total. The number of carboxylic acid groups (broad SMARTS) is 1. The maximum Gasteiger partial charge on any atom is 0.338 e. The minimum atomic E-state index is -1.01. The zero-order chi connectivity index (χ0) is 16.2. The van der Waals surface area contributed by atoms with Crippen molar-refractivity contribution in [1.29, 1.82) is 0 Å². The third-order valence-electron chi connectivity index (χ3n) is 3.54. The van der Waals surface area contributed by atoms with Crippen molar-refractivity contribution in [3.05, 3.63) is 16.0 Å². The van der Waals surface area contributed by atoms with Crippen LogP contribution in [0.1, 0.15) is 34.1 Å². The van der Waals surface area contributed by atoms with E-state index in [9.17, 15) is 14.7 Å². The number of nitrogens with zero attached hydrogens (tertiary/aromatic N) is 1. The number of carbonyl (C=O) groups is 2. The summed E-state index contributed by atoms with van der Waals surface area (Å²) in [5, 5.41) is 12.4. The summed E-state index contributed by atoms with van der Waals surface area (Å²) in [5.41, 5.74) is 0.900. The second-order valence-corrected chi connectivity index (χ2v) is 7.17. The van der Waals surface area contributed by atoms with Crippen molar-refractivity contribution < 1.29 is 14.7 Å². The Balaban J connectivity index is 2.84. The van der Waals surface area contributed by atoms with Crippen LogP contribution in [0.3, 0.4) is 0 Å². The third kappa shape index (κ3) is 4.38. The number of hydrogen-bond acceptors (Lipinski definition) is 4. The zero-order valence-electron chi connectivity index (χ0n) is 13.0. The quantitative estimate of drug-likeness (QED) is 0.835. The van der Waals surface area contributed by atoms with Crippen LogP contribution in [0.5, 0.6) is 0 Å². The Morgan fingerprint density at radius 2 is 2.05 bits per heavy atom. The second kappa shape index (κ2) is 7.70. The van der Waals surface area contributed by atoms with Gasteiger partial charge in [0, 0.05) is 18.0 Å². The van der Waals surface area contributed by atoms with Crippen molar-refractivity contribution in [3.63, 3.8) is 0 Å². The van der Waals surface area contributed by atoms with Gasteiger partial charge in [0.1, 0.15) is 5.00 Å². The number of carbonyl (C=O) groups excluding carboxylic acids is 1. The molecular weight excluding hydrogens is 308 g/mol. The maximum absolute atomic E-state index is 12.2. The smallest absolute Gasteiger partial charge is 0.338 e. The van der Waals surface area contributed by atoms with Gasteiger partial charge < -0.3 is 10.0 Å². The van der Waals surface area contributed by atoms with E-state index in [0.29, 0.717) is 10.6 Å². The minimum absolute atomic E-state index is 0.105. The Morgan fingerprint density at radius 3 is 2.57 bits per heavy atom. The van der Waals surface area contributed by atoms with Gasteiger partial charge in [-0.15, -0.1) is 11.3 Å². The Labute approximate surface area is 133 Å². The number of anilines is 1. The summed E-state index contributed by atoms with van der Waals surface area (Å²) in [6.07, 6.45) is 2.93. The van der Waals surface area contributed by atoms with Crippen LogP contribution in [-0.4, -0.2) is 47.1 Å². The van der Waals surface area contributed by atoms with E-state index >= 15 is 0 Å². The summed E-state index contributed by atoms with van der Waals surface area (Å²) in [6.45, 7) is 5.60. The molecule has 0 aliphatic carbocycles. The normalized spacial score (nSPS) is 12.0. The van der Waals surface area contributed by atoms with Crippen LogP contribution in [0.2, 0.25) is 0 Å². The molecule has 118 valence electrons. The maximum atomic E-state index is 12.2. The van der Waals surface area contributed by atoms with Crippen molar-refractivity contribution in [3.8, 4) is 0 Å². The number of hydrogen-bond donors (Lipinski definition) is 2. The Kier molecular flexibility index (Phi) is 6.54. The van der Waals surface area contributed by atoms with Crippen LogP contribution >= 0.6 is 23.1 Å². The van der Waals surface area contributed by atoms with Crippen LogP contribution in [0, 0.1) is 13.8 Å². The number of aryl methyl sites for hydroxylation is 1. The van der Waals surface area contributed by atoms with Crippen molar-refractivity contribution in [2.45, 2.75) is 33.2 Å². The molecule has 21 heavy (non-hydrogen) atoms. The molecule has 1 unspecified atom stereocenters. The zero-order valence-corrected chi connectivity index (χ0v) is 14.7. The van der Waals surface area contributed by atoms with Crippen LogP contribution in [0.25, 0.3) is 0 Å².